The molecule has 2 aromatic carbocycles. The summed E-state index contributed by atoms with van der Waals surface area (Å²) in [5, 5.41) is 8.13. The van der Waals surface area contributed by atoms with Crippen molar-refractivity contribution in [2.45, 2.75) is 38.6 Å². The maximum absolute atomic E-state index is 6.48. The lowest BCUT2D eigenvalue weighted by Gasteiger charge is -2.33. The highest BCUT2D eigenvalue weighted by Crippen LogP contribution is 2.37. The van der Waals surface area contributed by atoms with Crippen LogP contribution >= 0.6 is 11.6 Å². The van der Waals surface area contributed by atoms with Crippen LogP contribution < -0.4 is 10.6 Å². The molecule has 2 N–H and O–H groups in total. The second-order valence-electron chi connectivity index (χ2n) is 7.31. The van der Waals surface area contributed by atoms with Gasteiger partial charge in [-0.2, -0.15) is 0 Å². The Labute approximate surface area is 166 Å². The zero-order valence-corrected chi connectivity index (χ0v) is 16.4. The van der Waals surface area contributed by atoms with E-state index in [1.807, 2.05) is 18.2 Å². The molecule has 27 heavy (non-hydrogen) atoms. The third kappa shape index (κ3) is 3.68. The summed E-state index contributed by atoms with van der Waals surface area (Å²) in [4.78, 5) is 0. The topological polar surface area (TPSA) is 24.1 Å². The van der Waals surface area contributed by atoms with Gasteiger partial charge in [0.25, 0.3) is 0 Å². The molecule has 0 spiro atoms. The molecule has 2 aromatic rings. The molecular formula is C24H25ClN2. The fourth-order valence-corrected chi connectivity index (χ4v) is 4.27. The van der Waals surface area contributed by atoms with Crippen LogP contribution in [0.2, 0.25) is 5.02 Å². The summed E-state index contributed by atoms with van der Waals surface area (Å²) in [5.41, 5.74) is 8.33. The molecule has 1 aliphatic carbocycles. The van der Waals surface area contributed by atoms with E-state index in [0.717, 1.165) is 34.7 Å². The van der Waals surface area contributed by atoms with E-state index in [4.69, 9.17) is 11.6 Å². The Morgan fingerprint density at radius 2 is 1.81 bits per heavy atom. The van der Waals surface area contributed by atoms with E-state index >= 15 is 0 Å². The van der Waals surface area contributed by atoms with Gasteiger partial charge in [0.15, 0.2) is 0 Å². The molecule has 1 unspecified atom stereocenters. The van der Waals surface area contributed by atoms with Crippen molar-refractivity contribution in [3.8, 4) is 0 Å². The number of aryl methyl sites for hydroxylation is 1. The lowest BCUT2D eigenvalue weighted by atomic mass is 9.88. The summed E-state index contributed by atoms with van der Waals surface area (Å²) >= 11 is 6.48. The van der Waals surface area contributed by atoms with Crippen LogP contribution in [0.15, 0.2) is 78.2 Å². The lowest BCUT2D eigenvalue weighted by molar-refractivity contribution is 0.570. The van der Waals surface area contributed by atoms with Gasteiger partial charge >= 0.3 is 0 Å². The highest BCUT2D eigenvalue weighted by molar-refractivity contribution is 6.31. The molecule has 4 rings (SSSR count). The van der Waals surface area contributed by atoms with Gasteiger partial charge in [-0.25, -0.2) is 0 Å². The summed E-state index contributed by atoms with van der Waals surface area (Å²) in [6.45, 7) is 6.43. The van der Waals surface area contributed by atoms with Gasteiger partial charge in [-0.1, -0.05) is 60.6 Å². The minimum Gasteiger partial charge on any atom is -0.378 e. The van der Waals surface area contributed by atoms with Gasteiger partial charge in [0.1, 0.15) is 0 Å². The smallest absolute Gasteiger partial charge is 0.0732 e. The van der Waals surface area contributed by atoms with Crippen molar-refractivity contribution in [3.63, 3.8) is 0 Å². The highest BCUT2D eigenvalue weighted by atomic mass is 35.5. The van der Waals surface area contributed by atoms with Gasteiger partial charge in [-0.3, -0.25) is 0 Å². The minimum absolute atomic E-state index is 0.0720. The number of nitrogens with one attached hydrogen (secondary N) is 2. The number of hydrogen-bond acceptors (Lipinski definition) is 2. The molecule has 138 valence electrons. The maximum atomic E-state index is 6.48. The fraction of sp³-hybridized carbons (Fsp3) is 0.250. The average molecular weight is 377 g/mol. The quantitative estimate of drug-likeness (QED) is 0.657. The number of dihydropyridines is 1. The standard InChI is InChI=1S/C24H25ClN2/c1-16-9-3-4-10-18(16)17(2)26-24-15-23(19-11-5-7-13-21(19)25)27-22-14-8-6-12-20(22)24/h3-5,7,9-11,13,15,23,26-27H,2,6,8,12,14H2,1H3. The molecule has 1 aliphatic heterocycles. The molecule has 0 amide bonds. The Morgan fingerprint density at radius 3 is 2.63 bits per heavy atom. The molecule has 3 heteroatoms. The predicted octanol–water partition coefficient (Wildman–Crippen LogP) is 6.27. The first kappa shape index (κ1) is 17.9. The molecule has 2 nitrogen and oxygen atoms in total. The molecule has 0 aromatic heterocycles. The Morgan fingerprint density at radius 1 is 1.07 bits per heavy atom. The Bertz CT molecular complexity index is 939. The third-order valence-corrected chi connectivity index (χ3v) is 5.80. The predicted molar refractivity (Wildman–Crippen MR) is 114 cm³/mol. The van der Waals surface area contributed by atoms with Crippen molar-refractivity contribution < 1.29 is 0 Å². The molecule has 0 saturated carbocycles. The molecule has 0 radical (unpaired) electrons. The van der Waals surface area contributed by atoms with E-state index in [9.17, 15) is 0 Å². The average Bonchev–Trinajstić information content (AvgIpc) is 2.68. The van der Waals surface area contributed by atoms with Crippen molar-refractivity contribution in [1.29, 1.82) is 0 Å². The lowest BCUT2D eigenvalue weighted by Crippen LogP contribution is -2.30. The molecule has 0 bridgehead atoms. The zero-order chi connectivity index (χ0) is 18.8. The van der Waals surface area contributed by atoms with E-state index in [1.54, 1.807) is 0 Å². The minimum atomic E-state index is 0.0720. The van der Waals surface area contributed by atoms with Gasteiger partial charge < -0.3 is 10.6 Å². The van der Waals surface area contributed by atoms with Crippen LogP contribution in [0.1, 0.15) is 48.4 Å². The number of halogens is 1. The molecule has 0 saturated heterocycles. The van der Waals surface area contributed by atoms with E-state index in [1.165, 1.54) is 35.4 Å². The van der Waals surface area contributed by atoms with Gasteiger partial charge in [0, 0.05) is 27.7 Å². The van der Waals surface area contributed by atoms with E-state index in [-0.39, 0.29) is 6.04 Å². The molecule has 1 heterocycles. The number of hydrogen-bond donors (Lipinski definition) is 2. The van der Waals surface area contributed by atoms with E-state index in [0.29, 0.717) is 0 Å². The summed E-state index contributed by atoms with van der Waals surface area (Å²) < 4.78 is 0. The SMILES string of the molecule is C=C(NC1=CC(c2ccccc2Cl)NC2=C1CCCC2)c1ccccc1C. The first-order valence-electron chi connectivity index (χ1n) is 9.60. The summed E-state index contributed by atoms with van der Waals surface area (Å²) in [6.07, 6.45) is 6.90. The Kier molecular flexibility index (Phi) is 5.09. The number of benzene rings is 2. The van der Waals surface area contributed by atoms with E-state index < -0.39 is 0 Å². The fourth-order valence-electron chi connectivity index (χ4n) is 4.01. The number of allylic oxidation sites excluding steroid dienone is 2. The molecule has 1 atom stereocenters. The Hall–Kier alpha value is -2.45. The number of rotatable bonds is 4. The summed E-state index contributed by atoms with van der Waals surface area (Å²) in [5.74, 6) is 0. The van der Waals surface area contributed by atoms with Gasteiger partial charge in [-0.05, 0) is 61.4 Å². The molecule has 0 fully saturated rings. The second kappa shape index (κ2) is 7.66. The van der Waals surface area contributed by atoms with Crippen molar-refractivity contribution >= 4 is 17.3 Å². The van der Waals surface area contributed by atoms with Gasteiger partial charge in [0.05, 0.1) is 6.04 Å². The second-order valence-corrected chi connectivity index (χ2v) is 7.71. The van der Waals surface area contributed by atoms with Crippen LogP contribution in [0.25, 0.3) is 5.70 Å². The molecular weight excluding hydrogens is 352 g/mol. The van der Waals surface area contributed by atoms with Crippen LogP contribution in [0.4, 0.5) is 0 Å². The van der Waals surface area contributed by atoms with Gasteiger partial charge in [-0.15, -0.1) is 0 Å². The first-order valence-corrected chi connectivity index (χ1v) is 9.98. The molecule has 2 aliphatic rings. The van der Waals surface area contributed by atoms with Crippen molar-refractivity contribution in [2.75, 3.05) is 0 Å². The van der Waals surface area contributed by atoms with Crippen LogP contribution in [0.3, 0.4) is 0 Å². The first-order chi connectivity index (χ1) is 13.1. The highest BCUT2D eigenvalue weighted by Gasteiger charge is 2.26. The summed E-state index contributed by atoms with van der Waals surface area (Å²) in [6, 6.07) is 16.5. The van der Waals surface area contributed by atoms with Crippen molar-refractivity contribution in [1.82, 2.24) is 10.6 Å². The van der Waals surface area contributed by atoms with Crippen LogP contribution in [-0.2, 0) is 0 Å². The van der Waals surface area contributed by atoms with Crippen LogP contribution in [0.5, 0.6) is 0 Å². The van der Waals surface area contributed by atoms with Gasteiger partial charge in [0.2, 0.25) is 0 Å². The van der Waals surface area contributed by atoms with Crippen LogP contribution in [0, 0.1) is 6.92 Å². The monoisotopic (exact) mass is 376 g/mol. The largest absolute Gasteiger partial charge is 0.378 e. The van der Waals surface area contributed by atoms with Crippen molar-refractivity contribution in [3.05, 3.63) is 99.9 Å². The van der Waals surface area contributed by atoms with E-state index in [2.05, 4.69) is 60.5 Å². The Balaban J connectivity index is 1.68. The maximum Gasteiger partial charge on any atom is 0.0732 e. The van der Waals surface area contributed by atoms with Crippen LogP contribution in [-0.4, -0.2) is 0 Å². The third-order valence-electron chi connectivity index (χ3n) is 5.45. The normalized spacial score (nSPS) is 19.0. The zero-order valence-electron chi connectivity index (χ0n) is 15.7. The summed E-state index contributed by atoms with van der Waals surface area (Å²) in [7, 11) is 0. The van der Waals surface area contributed by atoms with Crippen molar-refractivity contribution in [2.24, 2.45) is 0 Å².